The summed E-state index contributed by atoms with van der Waals surface area (Å²) in [6.07, 6.45) is 2.85. The number of nitrogens with two attached hydrogens (primary N) is 2. The number of hydrogen-bond donors (Lipinski definition) is 2. The zero-order chi connectivity index (χ0) is 9.97. The number of hydrogen-bond acceptors (Lipinski definition) is 3. The first kappa shape index (κ1) is 9.09. The zero-order valence-electron chi connectivity index (χ0n) is 7.99. The summed E-state index contributed by atoms with van der Waals surface area (Å²) in [7, 11) is 0. The van der Waals surface area contributed by atoms with E-state index in [9.17, 15) is 0 Å². The van der Waals surface area contributed by atoms with Gasteiger partial charge in [-0.05, 0) is 17.7 Å². The topological polar surface area (TPSA) is 61.3 Å². The van der Waals surface area contributed by atoms with Gasteiger partial charge in [0.15, 0.2) is 0 Å². The number of fused-ring (bicyclic) bond motifs is 1. The van der Waals surface area contributed by atoms with Crippen LogP contribution in [0.1, 0.15) is 17.5 Å². The molecule has 0 saturated carbocycles. The maximum atomic E-state index is 5.91. The van der Waals surface area contributed by atoms with E-state index in [1.54, 1.807) is 0 Å². The lowest BCUT2D eigenvalue weighted by Crippen LogP contribution is -2.02. The Kier molecular flexibility index (Phi) is 2.41. The van der Waals surface area contributed by atoms with Crippen molar-refractivity contribution in [1.82, 2.24) is 0 Å². The van der Waals surface area contributed by atoms with Crippen molar-refractivity contribution < 1.29 is 4.74 Å². The van der Waals surface area contributed by atoms with Gasteiger partial charge in [0, 0.05) is 24.2 Å². The third-order valence-corrected chi connectivity index (χ3v) is 2.33. The van der Waals surface area contributed by atoms with Gasteiger partial charge >= 0.3 is 0 Å². The van der Waals surface area contributed by atoms with E-state index < -0.39 is 0 Å². The highest BCUT2D eigenvalue weighted by atomic mass is 16.5. The predicted molar refractivity (Wildman–Crippen MR) is 56.6 cm³/mol. The van der Waals surface area contributed by atoms with Crippen molar-refractivity contribution in [3.8, 4) is 5.75 Å². The molecule has 1 aliphatic heterocycles. The Labute approximate surface area is 83.4 Å². The fourth-order valence-corrected chi connectivity index (χ4v) is 1.55. The predicted octanol–water partition coefficient (Wildman–Crippen LogP) is 1.23. The third kappa shape index (κ3) is 1.59. The lowest BCUT2D eigenvalue weighted by molar-refractivity contribution is 0.326. The molecular weight excluding hydrogens is 176 g/mol. The minimum atomic E-state index is 0.528. The van der Waals surface area contributed by atoms with Crippen molar-refractivity contribution in [2.24, 2.45) is 11.5 Å². The van der Waals surface area contributed by atoms with Crippen LogP contribution in [0, 0.1) is 0 Å². The summed E-state index contributed by atoms with van der Waals surface area (Å²) in [5, 5.41) is 0. The molecule has 14 heavy (non-hydrogen) atoms. The van der Waals surface area contributed by atoms with E-state index in [1.807, 2.05) is 24.3 Å². The molecule has 2 rings (SSSR count). The summed E-state index contributed by atoms with van der Waals surface area (Å²) in [6.45, 7) is 1.22. The standard InChI is InChI=1S/C11H14N2O/c12-7-8-3-4-11-9(6-8)10(13)2-1-5-14-11/h2-4,6H,1,5,7,12-13H2. The Morgan fingerprint density at radius 2 is 2.21 bits per heavy atom. The second kappa shape index (κ2) is 3.72. The molecular formula is C11H14N2O. The van der Waals surface area contributed by atoms with Crippen molar-refractivity contribution in [1.29, 1.82) is 0 Å². The number of benzene rings is 1. The fourth-order valence-electron chi connectivity index (χ4n) is 1.55. The number of rotatable bonds is 1. The van der Waals surface area contributed by atoms with Crippen LogP contribution >= 0.6 is 0 Å². The molecule has 3 nitrogen and oxygen atoms in total. The number of ether oxygens (including phenoxy) is 1. The van der Waals surface area contributed by atoms with Crippen molar-refractivity contribution in [2.75, 3.05) is 6.61 Å². The highest BCUT2D eigenvalue weighted by Crippen LogP contribution is 2.27. The van der Waals surface area contributed by atoms with Crippen molar-refractivity contribution in [3.05, 3.63) is 35.4 Å². The van der Waals surface area contributed by atoms with Gasteiger partial charge in [-0.25, -0.2) is 0 Å². The molecule has 74 valence electrons. The fraction of sp³-hybridized carbons (Fsp3) is 0.273. The molecule has 0 radical (unpaired) electrons. The lowest BCUT2D eigenvalue weighted by Gasteiger charge is -2.09. The van der Waals surface area contributed by atoms with Crippen molar-refractivity contribution in [2.45, 2.75) is 13.0 Å². The summed E-state index contributed by atoms with van der Waals surface area (Å²) in [4.78, 5) is 0. The molecule has 1 heterocycles. The highest BCUT2D eigenvalue weighted by Gasteiger charge is 2.10. The minimum absolute atomic E-state index is 0.528. The molecule has 0 unspecified atom stereocenters. The van der Waals surface area contributed by atoms with Gasteiger partial charge in [0.25, 0.3) is 0 Å². The Balaban J connectivity index is 2.48. The van der Waals surface area contributed by atoms with Crippen LogP contribution in [-0.2, 0) is 6.54 Å². The van der Waals surface area contributed by atoms with Crippen LogP contribution in [0.4, 0.5) is 0 Å². The maximum Gasteiger partial charge on any atom is 0.128 e. The van der Waals surface area contributed by atoms with E-state index in [1.165, 1.54) is 0 Å². The first-order valence-electron chi connectivity index (χ1n) is 4.73. The molecule has 4 N–H and O–H groups in total. The van der Waals surface area contributed by atoms with Crippen LogP contribution in [0.2, 0.25) is 0 Å². The van der Waals surface area contributed by atoms with Gasteiger partial charge in [0.05, 0.1) is 6.61 Å². The van der Waals surface area contributed by atoms with Gasteiger partial charge in [-0.15, -0.1) is 0 Å². The molecule has 0 aliphatic carbocycles. The molecule has 0 aromatic heterocycles. The highest BCUT2D eigenvalue weighted by molar-refractivity contribution is 5.69. The average molecular weight is 190 g/mol. The van der Waals surface area contributed by atoms with E-state index in [2.05, 4.69) is 0 Å². The van der Waals surface area contributed by atoms with E-state index in [4.69, 9.17) is 16.2 Å². The molecule has 0 spiro atoms. The van der Waals surface area contributed by atoms with Gasteiger partial charge in [-0.1, -0.05) is 12.1 Å². The first-order chi connectivity index (χ1) is 6.81. The average Bonchev–Trinajstić information content (AvgIpc) is 2.40. The summed E-state index contributed by atoms with van der Waals surface area (Å²) in [6, 6.07) is 5.90. The van der Waals surface area contributed by atoms with Crippen LogP contribution < -0.4 is 16.2 Å². The summed E-state index contributed by atoms with van der Waals surface area (Å²) >= 11 is 0. The normalized spacial score (nSPS) is 15.1. The second-order valence-corrected chi connectivity index (χ2v) is 3.33. The largest absolute Gasteiger partial charge is 0.493 e. The Morgan fingerprint density at radius 1 is 1.36 bits per heavy atom. The van der Waals surface area contributed by atoms with Crippen molar-refractivity contribution >= 4 is 5.70 Å². The van der Waals surface area contributed by atoms with Crippen molar-refractivity contribution in [3.63, 3.8) is 0 Å². The van der Waals surface area contributed by atoms with Gasteiger partial charge in [-0.2, -0.15) is 0 Å². The first-order valence-corrected chi connectivity index (χ1v) is 4.73. The molecule has 1 aliphatic rings. The molecule has 3 heteroatoms. The second-order valence-electron chi connectivity index (χ2n) is 3.33. The Bertz CT molecular complexity index is 372. The van der Waals surface area contributed by atoms with E-state index in [-0.39, 0.29) is 0 Å². The van der Waals surface area contributed by atoms with E-state index >= 15 is 0 Å². The van der Waals surface area contributed by atoms with Crippen LogP contribution in [0.5, 0.6) is 5.75 Å². The summed E-state index contributed by atoms with van der Waals surface area (Å²) < 4.78 is 5.55. The summed E-state index contributed by atoms with van der Waals surface area (Å²) in [5.74, 6) is 0.855. The zero-order valence-corrected chi connectivity index (χ0v) is 7.99. The third-order valence-electron chi connectivity index (χ3n) is 2.33. The lowest BCUT2D eigenvalue weighted by atomic mass is 10.1. The van der Waals surface area contributed by atoms with E-state index in [0.29, 0.717) is 13.2 Å². The van der Waals surface area contributed by atoms with Gasteiger partial charge < -0.3 is 16.2 Å². The van der Waals surface area contributed by atoms with Gasteiger partial charge in [-0.3, -0.25) is 0 Å². The molecule has 0 bridgehead atoms. The molecule has 0 fully saturated rings. The summed E-state index contributed by atoms with van der Waals surface area (Å²) in [5.41, 5.74) is 14.3. The Hall–Kier alpha value is -1.48. The smallest absolute Gasteiger partial charge is 0.128 e. The van der Waals surface area contributed by atoms with Gasteiger partial charge in [0.1, 0.15) is 5.75 Å². The van der Waals surface area contributed by atoms with Crippen LogP contribution in [0.15, 0.2) is 24.3 Å². The van der Waals surface area contributed by atoms with Crippen LogP contribution in [0.25, 0.3) is 5.70 Å². The molecule has 1 aromatic carbocycles. The van der Waals surface area contributed by atoms with Crippen LogP contribution in [0.3, 0.4) is 0 Å². The Morgan fingerprint density at radius 3 is 3.00 bits per heavy atom. The molecule has 1 aromatic rings. The monoisotopic (exact) mass is 190 g/mol. The maximum absolute atomic E-state index is 5.91. The molecule has 0 saturated heterocycles. The van der Waals surface area contributed by atoms with E-state index in [0.717, 1.165) is 29.0 Å². The molecule has 0 amide bonds. The quantitative estimate of drug-likeness (QED) is 0.700. The SMILES string of the molecule is NCc1ccc2c(c1)C(N)=CCCO2. The molecule has 0 atom stereocenters. The van der Waals surface area contributed by atoms with Gasteiger partial charge in [0.2, 0.25) is 0 Å². The minimum Gasteiger partial charge on any atom is -0.493 e. The van der Waals surface area contributed by atoms with Crippen LogP contribution in [-0.4, -0.2) is 6.61 Å².